The minimum absolute atomic E-state index is 0.215. The number of nitrogens with zero attached hydrogens (tertiary/aromatic N) is 2. The Morgan fingerprint density at radius 3 is 2.65 bits per heavy atom. The Balaban J connectivity index is 1.98. The first kappa shape index (κ1) is 15.4. The molecule has 0 bridgehead atoms. The van der Waals surface area contributed by atoms with Crippen molar-refractivity contribution in [3.05, 3.63) is 41.5 Å². The number of benzene rings is 1. The largest absolute Gasteiger partial charge is 0.478 e. The highest BCUT2D eigenvalue weighted by Crippen LogP contribution is 2.33. The number of nitrogen functional groups attached to an aromatic ring is 1. The van der Waals surface area contributed by atoms with Gasteiger partial charge in [0.1, 0.15) is 17.3 Å². The summed E-state index contributed by atoms with van der Waals surface area (Å²) in [7, 11) is 0. The number of aromatic carboxylic acids is 1. The van der Waals surface area contributed by atoms with Gasteiger partial charge in [0, 0.05) is 11.5 Å². The van der Waals surface area contributed by atoms with Crippen LogP contribution in [0, 0.1) is 5.82 Å². The third-order valence-corrected chi connectivity index (χ3v) is 4.32. The van der Waals surface area contributed by atoms with Crippen LogP contribution in [-0.2, 0) is 0 Å². The van der Waals surface area contributed by atoms with Crippen LogP contribution in [0.3, 0.4) is 0 Å². The fourth-order valence-electron chi connectivity index (χ4n) is 3.06. The third kappa shape index (κ3) is 3.16. The fraction of sp³-hybridized carbons (Fsp3) is 0.353. The molecule has 0 atom stereocenters. The number of carboxylic acids is 1. The maximum absolute atomic E-state index is 13.9. The summed E-state index contributed by atoms with van der Waals surface area (Å²) in [5, 5.41) is 8.90. The van der Waals surface area contributed by atoms with E-state index >= 15 is 0 Å². The Morgan fingerprint density at radius 2 is 2.00 bits per heavy atom. The van der Waals surface area contributed by atoms with Crippen molar-refractivity contribution in [1.82, 2.24) is 9.97 Å². The standard InChI is InChI=1S/C17H18FN3O2/c18-13-8-11(6-7-12(13)17(22)23)15-16(19)20-9-14(21-15)10-4-2-1-3-5-10/h6-10H,1-5H2,(H2,19,20)(H,22,23). The summed E-state index contributed by atoms with van der Waals surface area (Å²) in [6, 6.07) is 3.88. The number of carbonyl (C=O) groups is 1. The van der Waals surface area contributed by atoms with Crippen molar-refractivity contribution in [2.45, 2.75) is 38.0 Å². The summed E-state index contributed by atoms with van der Waals surface area (Å²) in [4.78, 5) is 19.7. The zero-order valence-electron chi connectivity index (χ0n) is 12.6. The predicted octanol–water partition coefficient (Wildman–Crippen LogP) is 3.61. The molecule has 0 unspecified atom stereocenters. The van der Waals surface area contributed by atoms with E-state index < -0.39 is 11.8 Å². The summed E-state index contributed by atoms with van der Waals surface area (Å²) < 4.78 is 13.9. The molecule has 0 aliphatic heterocycles. The lowest BCUT2D eigenvalue weighted by Gasteiger charge is -2.21. The van der Waals surface area contributed by atoms with Gasteiger partial charge in [0.25, 0.3) is 0 Å². The molecule has 120 valence electrons. The molecule has 3 rings (SSSR count). The van der Waals surface area contributed by atoms with Crippen molar-refractivity contribution in [2.24, 2.45) is 0 Å². The van der Waals surface area contributed by atoms with Crippen LogP contribution in [0.15, 0.2) is 24.4 Å². The number of rotatable bonds is 3. The van der Waals surface area contributed by atoms with Gasteiger partial charge in [0.15, 0.2) is 0 Å². The monoisotopic (exact) mass is 315 g/mol. The van der Waals surface area contributed by atoms with Crippen molar-refractivity contribution in [3.63, 3.8) is 0 Å². The molecule has 0 radical (unpaired) electrons. The first-order chi connectivity index (χ1) is 11.1. The molecule has 23 heavy (non-hydrogen) atoms. The summed E-state index contributed by atoms with van der Waals surface area (Å²) in [6.07, 6.45) is 7.43. The van der Waals surface area contributed by atoms with Gasteiger partial charge in [-0.1, -0.05) is 25.3 Å². The minimum Gasteiger partial charge on any atom is -0.478 e. The second kappa shape index (κ2) is 6.32. The van der Waals surface area contributed by atoms with E-state index in [-0.39, 0.29) is 11.4 Å². The molecule has 0 amide bonds. The van der Waals surface area contributed by atoms with E-state index in [0.29, 0.717) is 17.2 Å². The molecule has 0 spiro atoms. The third-order valence-electron chi connectivity index (χ3n) is 4.32. The summed E-state index contributed by atoms with van der Waals surface area (Å²) >= 11 is 0. The molecule has 1 aromatic carbocycles. The summed E-state index contributed by atoms with van der Waals surface area (Å²) in [5.41, 5.74) is 7.23. The van der Waals surface area contributed by atoms with Crippen LogP contribution in [0.1, 0.15) is 54.1 Å². The molecule has 1 aliphatic rings. The number of aromatic nitrogens is 2. The molecule has 1 aliphatic carbocycles. The first-order valence-electron chi connectivity index (χ1n) is 7.72. The molecular formula is C17H18FN3O2. The van der Waals surface area contributed by atoms with Crippen LogP contribution in [0.2, 0.25) is 0 Å². The fourth-order valence-corrected chi connectivity index (χ4v) is 3.06. The van der Waals surface area contributed by atoms with Gasteiger partial charge >= 0.3 is 5.97 Å². The minimum atomic E-state index is -1.30. The van der Waals surface area contributed by atoms with Crippen LogP contribution in [0.25, 0.3) is 11.3 Å². The SMILES string of the molecule is Nc1ncc(C2CCCCC2)nc1-c1ccc(C(=O)O)c(F)c1. The van der Waals surface area contributed by atoms with E-state index in [1.165, 1.54) is 31.4 Å². The van der Waals surface area contributed by atoms with E-state index in [2.05, 4.69) is 9.97 Å². The van der Waals surface area contributed by atoms with Gasteiger partial charge in [-0.15, -0.1) is 0 Å². The summed E-state index contributed by atoms with van der Waals surface area (Å²) in [6.45, 7) is 0. The molecule has 3 N–H and O–H groups in total. The Labute approximate surface area is 133 Å². The normalized spacial score (nSPS) is 15.5. The van der Waals surface area contributed by atoms with Gasteiger partial charge in [0.05, 0.1) is 17.5 Å². The zero-order chi connectivity index (χ0) is 16.4. The predicted molar refractivity (Wildman–Crippen MR) is 84.6 cm³/mol. The second-order valence-corrected chi connectivity index (χ2v) is 5.86. The highest BCUT2D eigenvalue weighted by molar-refractivity contribution is 5.88. The van der Waals surface area contributed by atoms with Gasteiger partial charge in [0.2, 0.25) is 0 Å². The number of nitrogens with two attached hydrogens (primary N) is 1. The smallest absolute Gasteiger partial charge is 0.338 e. The number of anilines is 1. The van der Waals surface area contributed by atoms with E-state index in [0.717, 1.165) is 24.6 Å². The molecule has 0 saturated heterocycles. The van der Waals surface area contributed by atoms with Crippen LogP contribution < -0.4 is 5.73 Å². The van der Waals surface area contributed by atoms with Crippen LogP contribution in [-0.4, -0.2) is 21.0 Å². The zero-order valence-corrected chi connectivity index (χ0v) is 12.6. The van der Waals surface area contributed by atoms with E-state index in [4.69, 9.17) is 10.8 Å². The quantitative estimate of drug-likeness (QED) is 0.903. The Morgan fingerprint density at radius 1 is 1.26 bits per heavy atom. The lowest BCUT2D eigenvalue weighted by atomic mass is 9.87. The number of hydrogen-bond acceptors (Lipinski definition) is 4. The number of halogens is 1. The average molecular weight is 315 g/mol. The highest BCUT2D eigenvalue weighted by atomic mass is 19.1. The topological polar surface area (TPSA) is 89.1 Å². The molecule has 1 heterocycles. The highest BCUT2D eigenvalue weighted by Gasteiger charge is 2.20. The van der Waals surface area contributed by atoms with Crippen molar-refractivity contribution in [2.75, 3.05) is 5.73 Å². The first-order valence-corrected chi connectivity index (χ1v) is 7.72. The number of hydrogen-bond donors (Lipinski definition) is 2. The van der Waals surface area contributed by atoms with Crippen molar-refractivity contribution >= 4 is 11.8 Å². The van der Waals surface area contributed by atoms with Gasteiger partial charge in [-0.05, 0) is 25.0 Å². The van der Waals surface area contributed by atoms with Crippen LogP contribution in [0.5, 0.6) is 0 Å². The lowest BCUT2D eigenvalue weighted by molar-refractivity contribution is 0.0692. The van der Waals surface area contributed by atoms with Crippen LogP contribution >= 0.6 is 0 Å². The van der Waals surface area contributed by atoms with E-state index in [9.17, 15) is 9.18 Å². The van der Waals surface area contributed by atoms with Gasteiger partial charge in [-0.25, -0.2) is 19.2 Å². The van der Waals surface area contributed by atoms with Gasteiger partial charge in [-0.2, -0.15) is 0 Å². The molecular weight excluding hydrogens is 297 g/mol. The maximum Gasteiger partial charge on any atom is 0.338 e. The molecule has 1 saturated carbocycles. The van der Waals surface area contributed by atoms with E-state index in [1.54, 1.807) is 6.20 Å². The molecule has 2 aromatic rings. The average Bonchev–Trinajstić information content (AvgIpc) is 2.55. The second-order valence-electron chi connectivity index (χ2n) is 5.86. The van der Waals surface area contributed by atoms with Crippen molar-refractivity contribution in [3.8, 4) is 11.3 Å². The Bertz CT molecular complexity index is 743. The molecule has 1 aromatic heterocycles. The van der Waals surface area contributed by atoms with Crippen molar-refractivity contribution < 1.29 is 14.3 Å². The molecule has 5 nitrogen and oxygen atoms in total. The Kier molecular flexibility index (Phi) is 4.23. The summed E-state index contributed by atoms with van der Waals surface area (Å²) in [5.74, 6) is -1.53. The Hall–Kier alpha value is -2.50. The van der Waals surface area contributed by atoms with E-state index in [1.807, 2.05) is 0 Å². The van der Waals surface area contributed by atoms with Gasteiger partial charge in [-0.3, -0.25) is 0 Å². The molecule has 6 heteroatoms. The number of carboxylic acid groups (broad SMARTS) is 1. The van der Waals surface area contributed by atoms with Gasteiger partial charge < -0.3 is 10.8 Å². The van der Waals surface area contributed by atoms with Crippen molar-refractivity contribution in [1.29, 1.82) is 0 Å². The molecule has 1 fully saturated rings. The van der Waals surface area contributed by atoms with Crippen LogP contribution in [0.4, 0.5) is 10.2 Å². The maximum atomic E-state index is 13.9. The lowest BCUT2D eigenvalue weighted by Crippen LogP contribution is -2.09.